The quantitative estimate of drug-likeness (QED) is 0.480. The molecule has 0 fully saturated rings. The molecule has 0 aliphatic carbocycles. The van der Waals surface area contributed by atoms with Crippen molar-refractivity contribution in [3.05, 3.63) is 23.1 Å². The third kappa shape index (κ3) is 3.13. The molecule has 0 atom stereocenters. The van der Waals surface area contributed by atoms with Gasteiger partial charge in [-0.1, -0.05) is 13.8 Å². The van der Waals surface area contributed by atoms with Crippen LogP contribution in [0.15, 0.2) is 15.7 Å². The summed E-state index contributed by atoms with van der Waals surface area (Å²) >= 11 is 0. The van der Waals surface area contributed by atoms with Gasteiger partial charge in [-0.05, 0) is 19.4 Å². The molecule has 17 heavy (non-hydrogen) atoms. The fourth-order valence-corrected chi connectivity index (χ4v) is 1.14. The average Bonchev–Trinajstić information content (AvgIpc) is 2.73. The highest BCUT2D eigenvalue weighted by Gasteiger charge is 2.21. The molecule has 0 aromatic carbocycles. The third-order valence-electron chi connectivity index (χ3n) is 2.06. The molecule has 0 saturated carbocycles. The number of hydroxylamine groups is 1. The fourth-order valence-electron chi connectivity index (χ4n) is 1.14. The number of aromatic nitrogens is 2. The van der Waals surface area contributed by atoms with Crippen LogP contribution in [-0.2, 0) is 4.84 Å². The zero-order valence-electron chi connectivity index (χ0n) is 10.7. The smallest absolute Gasteiger partial charge is 0.290 e. The molecule has 0 amide bonds. The number of allylic oxidation sites excluding steroid dienone is 2. The van der Waals surface area contributed by atoms with Crippen molar-refractivity contribution >= 4 is 5.78 Å². The van der Waals surface area contributed by atoms with Gasteiger partial charge in [0.2, 0.25) is 5.89 Å². The molecule has 6 heteroatoms. The van der Waals surface area contributed by atoms with Gasteiger partial charge in [-0.2, -0.15) is 0 Å². The summed E-state index contributed by atoms with van der Waals surface area (Å²) in [7, 11) is 1.43. The lowest BCUT2D eigenvalue weighted by molar-refractivity contribution is 0.0846. The number of hydrogen-bond acceptors (Lipinski definition) is 6. The molecular weight excluding hydrogens is 222 g/mol. The second-order valence-corrected chi connectivity index (χ2v) is 4.11. The van der Waals surface area contributed by atoms with Crippen molar-refractivity contribution in [1.29, 1.82) is 0 Å². The summed E-state index contributed by atoms with van der Waals surface area (Å²) in [5, 5.41) is 7.54. The van der Waals surface area contributed by atoms with Gasteiger partial charge in [-0.3, -0.25) is 15.1 Å². The molecule has 6 nitrogen and oxygen atoms in total. The van der Waals surface area contributed by atoms with Gasteiger partial charge in [-0.15, -0.1) is 10.2 Å². The van der Waals surface area contributed by atoms with E-state index in [0.29, 0.717) is 11.6 Å². The van der Waals surface area contributed by atoms with Crippen LogP contribution in [0.25, 0.3) is 0 Å². The Hall–Kier alpha value is -1.69. The van der Waals surface area contributed by atoms with E-state index in [2.05, 4.69) is 15.7 Å². The molecule has 0 spiro atoms. The van der Waals surface area contributed by atoms with Crippen molar-refractivity contribution in [2.24, 2.45) is 0 Å². The van der Waals surface area contributed by atoms with E-state index in [-0.39, 0.29) is 17.6 Å². The topological polar surface area (TPSA) is 77.2 Å². The summed E-state index contributed by atoms with van der Waals surface area (Å²) in [5.74, 6) is 0.133. The molecule has 0 unspecified atom stereocenters. The molecule has 1 aromatic rings. The van der Waals surface area contributed by atoms with E-state index in [0.717, 1.165) is 5.57 Å². The van der Waals surface area contributed by atoms with E-state index in [4.69, 9.17) is 9.25 Å². The van der Waals surface area contributed by atoms with Crippen molar-refractivity contribution in [1.82, 2.24) is 15.7 Å². The maximum atomic E-state index is 12.0. The summed E-state index contributed by atoms with van der Waals surface area (Å²) < 4.78 is 5.28. The number of ketones is 1. The van der Waals surface area contributed by atoms with Gasteiger partial charge in [0.05, 0.1) is 7.11 Å². The van der Waals surface area contributed by atoms with Crippen LogP contribution in [0.5, 0.6) is 0 Å². The molecule has 94 valence electrons. The highest BCUT2D eigenvalue weighted by Crippen LogP contribution is 2.15. The molecule has 1 aromatic heterocycles. The van der Waals surface area contributed by atoms with E-state index < -0.39 is 0 Å². The van der Waals surface area contributed by atoms with Crippen LogP contribution in [-0.4, -0.2) is 23.1 Å². The zero-order chi connectivity index (χ0) is 13.0. The molecule has 1 heterocycles. The standard InChI is InChI=1S/C11H17N3O3/c1-6(2)8(14-16-5)9(15)11-13-12-10(17-11)7(3)4/h7,14H,1-5H3. The maximum absolute atomic E-state index is 12.0. The monoisotopic (exact) mass is 239 g/mol. The van der Waals surface area contributed by atoms with Crippen LogP contribution in [0.4, 0.5) is 0 Å². The number of Topliss-reactive ketones (excluding diaryl/α,β-unsaturated/α-hetero) is 1. The van der Waals surface area contributed by atoms with E-state index in [9.17, 15) is 4.79 Å². The molecule has 1 N–H and O–H groups in total. The lowest BCUT2D eigenvalue weighted by Gasteiger charge is -2.06. The first-order valence-electron chi connectivity index (χ1n) is 5.32. The molecule has 0 saturated heterocycles. The summed E-state index contributed by atoms with van der Waals surface area (Å²) in [6.45, 7) is 7.41. The Labute approximate surface area is 100 Å². The van der Waals surface area contributed by atoms with E-state index in [1.807, 2.05) is 13.8 Å². The van der Waals surface area contributed by atoms with Gasteiger partial charge in [0.1, 0.15) is 5.70 Å². The Bertz CT molecular complexity index is 431. The van der Waals surface area contributed by atoms with Crippen molar-refractivity contribution in [2.45, 2.75) is 33.6 Å². The van der Waals surface area contributed by atoms with Gasteiger partial charge < -0.3 is 4.42 Å². The summed E-state index contributed by atoms with van der Waals surface area (Å²) in [6, 6.07) is 0. The highest BCUT2D eigenvalue weighted by atomic mass is 16.6. The second-order valence-electron chi connectivity index (χ2n) is 4.11. The first-order chi connectivity index (χ1) is 7.97. The van der Waals surface area contributed by atoms with Crippen LogP contribution in [0.2, 0.25) is 0 Å². The highest BCUT2D eigenvalue weighted by molar-refractivity contribution is 6.05. The van der Waals surface area contributed by atoms with Gasteiger partial charge in [0, 0.05) is 5.92 Å². The average molecular weight is 239 g/mol. The van der Waals surface area contributed by atoms with Crippen LogP contribution in [0, 0.1) is 0 Å². The molecular formula is C11H17N3O3. The lowest BCUT2D eigenvalue weighted by Crippen LogP contribution is -2.21. The van der Waals surface area contributed by atoms with Crippen LogP contribution >= 0.6 is 0 Å². The van der Waals surface area contributed by atoms with E-state index >= 15 is 0 Å². The normalized spacial score (nSPS) is 10.5. The third-order valence-corrected chi connectivity index (χ3v) is 2.06. The number of hydrogen-bond donors (Lipinski definition) is 1. The van der Waals surface area contributed by atoms with Gasteiger partial charge >= 0.3 is 0 Å². The number of carbonyl (C=O) groups is 1. The van der Waals surface area contributed by atoms with Gasteiger partial charge in [0.15, 0.2) is 0 Å². The van der Waals surface area contributed by atoms with Gasteiger partial charge in [0.25, 0.3) is 11.7 Å². The minimum atomic E-state index is -0.369. The van der Waals surface area contributed by atoms with E-state index in [1.165, 1.54) is 7.11 Å². The van der Waals surface area contributed by atoms with E-state index in [1.54, 1.807) is 13.8 Å². The van der Waals surface area contributed by atoms with Crippen molar-refractivity contribution in [3.63, 3.8) is 0 Å². The van der Waals surface area contributed by atoms with Crippen molar-refractivity contribution < 1.29 is 14.0 Å². The number of carbonyl (C=O) groups excluding carboxylic acids is 1. The minimum absolute atomic E-state index is 0.0329. The number of nitrogens with zero attached hydrogens (tertiary/aromatic N) is 2. The fraction of sp³-hybridized carbons (Fsp3) is 0.545. The molecule has 1 rings (SSSR count). The predicted octanol–water partition coefficient (Wildman–Crippen LogP) is 1.82. The SMILES string of the molecule is CONC(C(=O)c1nnc(C(C)C)o1)=C(C)C. The van der Waals surface area contributed by atoms with Crippen LogP contribution in [0.3, 0.4) is 0 Å². The maximum Gasteiger partial charge on any atom is 0.290 e. The minimum Gasteiger partial charge on any atom is -0.418 e. The molecule has 0 aliphatic heterocycles. The largest absolute Gasteiger partial charge is 0.418 e. The number of nitrogens with one attached hydrogen (secondary N) is 1. The van der Waals surface area contributed by atoms with Crippen LogP contribution in [0.1, 0.15) is 50.2 Å². The Balaban J connectivity index is 2.98. The Kier molecular flexibility index (Phi) is 4.39. The zero-order valence-corrected chi connectivity index (χ0v) is 10.7. The lowest BCUT2D eigenvalue weighted by atomic mass is 10.2. The first-order valence-corrected chi connectivity index (χ1v) is 5.32. The van der Waals surface area contributed by atoms with Crippen molar-refractivity contribution in [3.8, 4) is 0 Å². The summed E-state index contributed by atoms with van der Waals surface area (Å²) in [4.78, 5) is 16.8. The number of rotatable bonds is 5. The predicted molar refractivity (Wildman–Crippen MR) is 61.2 cm³/mol. The molecule has 0 aliphatic rings. The second kappa shape index (κ2) is 5.58. The Morgan fingerprint density at radius 1 is 1.35 bits per heavy atom. The Morgan fingerprint density at radius 2 is 2.00 bits per heavy atom. The molecule has 0 radical (unpaired) electrons. The van der Waals surface area contributed by atoms with Crippen molar-refractivity contribution in [2.75, 3.05) is 7.11 Å². The van der Waals surface area contributed by atoms with Crippen LogP contribution < -0.4 is 5.48 Å². The van der Waals surface area contributed by atoms with Gasteiger partial charge in [-0.25, -0.2) is 0 Å². The first kappa shape index (κ1) is 13.4. The summed E-state index contributed by atoms with van der Waals surface area (Å²) in [5.41, 5.74) is 3.61. The Morgan fingerprint density at radius 3 is 2.41 bits per heavy atom. The molecule has 0 bridgehead atoms. The summed E-state index contributed by atoms with van der Waals surface area (Å²) in [6.07, 6.45) is 0.